The van der Waals surface area contributed by atoms with Crippen molar-refractivity contribution in [2.75, 3.05) is 13.1 Å². The number of nitrogens with zero attached hydrogens (tertiary/aromatic N) is 1. The molecule has 1 aliphatic heterocycles. The van der Waals surface area contributed by atoms with Crippen molar-refractivity contribution in [1.29, 1.82) is 0 Å². The van der Waals surface area contributed by atoms with Gasteiger partial charge in [-0.05, 0) is 25.1 Å². The molecule has 21 heavy (non-hydrogen) atoms. The third-order valence-corrected chi connectivity index (χ3v) is 5.50. The average molecular weight is 303 g/mol. The van der Waals surface area contributed by atoms with Gasteiger partial charge >= 0.3 is 0 Å². The Bertz CT molecular complexity index is 803. The molecule has 2 aliphatic rings. The van der Waals surface area contributed by atoms with Crippen LogP contribution >= 0.6 is 0 Å². The number of carbonyl (C=O) groups excluding carboxylic acids is 2. The van der Waals surface area contributed by atoms with Crippen molar-refractivity contribution in [3.8, 4) is 0 Å². The summed E-state index contributed by atoms with van der Waals surface area (Å²) in [6.07, 6.45) is 1.28. The summed E-state index contributed by atoms with van der Waals surface area (Å²) in [6.45, 7) is 1.49. The zero-order valence-electron chi connectivity index (χ0n) is 11.4. The van der Waals surface area contributed by atoms with Crippen molar-refractivity contribution >= 4 is 21.6 Å². The Morgan fingerprint density at radius 3 is 2.29 bits per heavy atom. The molecule has 6 heteroatoms. The van der Waals surface area contributed by atoms with Gasteiger partial charge in [-0.25, -0.2) is 8.42 Å². The Labute approximate surface area is 122 Å². The van der Waals surface area contributed by atoms with E-state index in [1.165, 1.54) is 22.5 Å². The van der Waals surface area contributed by atoms with E-state index in [-0.39, 0.29) is 29.6 Å². The van der Waals surface area contributed by atoms with Crippen LogP contribution in [0.5, 0.6) is 0 Å². The molecule has 1 aliphatic carbocycles. The van der Waals surface area contributed by atoms with Gasteiger partial charge in [-0.15, -0.1) is 0 Å². The van der Waals surface area contributed by atoms with E-state index in [0.29, 0.717) is 16.7 Å². The van der Waals surface area contributed by atoms with Crippen LogP contribution < -0.4 is 0 Å². The molecule has 0 radical (unpaired) electrons. The lowest BCUT2D eigenvalue weighted by Gasteiger charge is -2.16. The number of Topliss-reactive ketones (excluding diaryl/α,β-unsaturated/α-hetero) is 1. The monoisotopic (exact) mass is 303 g/mol. The van der Waals surface area contributed by atoms with Crippen molar-refractivity contribution in [2.24, 2.45) is 0 Å². The largest absolute Gasteiger partial charge is 0.290 e. The second-order valence-corrected chi connectivity index (χ2v) is 7.00. The van der Waals surface area contributed by atoms with Gasteiger partial charge in [-0.1, -0.05) is 18.2 Å². The summed E-state index contributed by atoms with van der Waals surface area (Å²) in [7, 11) is -3.70. The second kappa shape index (κ2) is 4.75. The maximum absolute atomic E-state index is 12.5. The molecule has 3 rings (SSSR count). The third kappa shape index (κ3) is 2.16. The number of carbonyl (C=O) groups is 2. The van der Waals surface area contributed by atoms with E-state index in [9.17, 15) is 18.0 Å². The molecule has 0 saturated carbocycles. The first-order valence-electron chi connectivity index (χ1n) is 6.46. The molecule has 1 aromatic rings. The molecule has 0 fully saturated rings. The molecule has 0 amide bonds. The van der Waals surface area contributed by atoms with Crippen LogP contribution in [0.15, 0.2) is 58.0 Å². The fraction of sp³-hybridized carbons (Fsp3) is 0.200. The number of sulfonamides is 1. The molecule has 0 saturated heterocycles. The van der Waals surface area contributed by atoms with E-state index in [1.807, 2.05) is 0 Å². The predicted octanol–water partition coefficient (Wildman–Crippen LogP) is 1.09. The molecule has 1 aromatic carbocycles. The molecule has 0 atom stereocenters. The molecular weight excluding hydrogens is 290 g/mol. The fourth-order valence-corrected chi connectivity index (χ4v) is 3.93. The van der Waals surface area contributed by atoms with E-state index in [4.69, 9.17) is 0 Å². The minimum atomic E-state index is -3.70. The number of hydrogen-bond acceptors (Lipinski definition) is 4. The lowest BCUT2D eigenvalue weighted by molar-refractivity contribution is -0.115. The summed E-state index contributed by atoms with van der Waals surface area (Å²) < 4.78 is 26.2. The molecule has 5 nitrogen and oxygen atoms in total. The molecule has 0 aromatic heterocycles. The van der Waals surface area contributed by atoms with Crippen molar-refractivity contribution in [3.05, 3.63) is 53.1 Å². The molecule has 0 bridgehead atoms. The predicted molar refractivity (Wildman–Crippen MR) is 76.0 cm³/mol. The van der Waals surface area contributed by atoms with Gasteiger partial charge in [0.25, 0.3) is 0 Å². The van der Waals surface area contributed by atoms with Gasteiger partial charge in [0.1, 0.15) is 0 Å². The fourth-order valence-electron chi connectivity index (χ4n) is 2.53. The Hall–Kier alpha value is -2.05. The van der Waals surface area contributed by atoms with Crippen LogP contribution in [0.3, 0.4) is 0 Å². The first kappa shape index (κ1) is 13.9. The number of benzene rings is 1. The van der Waals surface area contributed by atoms with Gasteiger partial charge in [-0.3, -0.25) is 9.59 Å². The van der Waals surface area contributed by atoms with Gasteiger partial charge in [-0.2, -0.15) is 4.31 Å². The average Bonchev–Trinajstić information content (AvgIpc) is 2.92. The van der Waals surface area contributed by atoms with Crippen LogP contribution in [0.1, 0.15) is 6.92 Å². The molecular formula is C15H13NO4S. The number of hydrogen-bond donors (Lipinski definition) is 0. The molecule has 1 heterocycles. The normalized spacial score (nSPS) is 19.8. The van der Waals surface area contributed by atoms with E-state index in [1.54, 1.807) is 25.1 Å². The van der Waals surface area contributed by atoms with Gasteiger partial charge in [0.2, 0.25) is 10.0 Å². The Morgan fingerprint density at radius 2 is 1.62 bits per heavy atom. The van der Waals surface area contributed by atoms with Crippen LogP contribution in [0.2, 0.25) is 0 Å². The SMILES string of the molecule is CC1=CC(=O)C2=C(CN(S(=O)(=O)c3ccccc3)C2)C1=O. The van der Waals surface area contributed by atoms with Crippen LogP contribution in [0, 0.1) is 0 Å². The standard InChI is InChI=1S/C15H13NO4S/c1-10-7-14(17)12-8-16(9-13(12)15(10)18)21(19,20)11-5-3-2-4-6-11/h2-7H,8-9H2,1H3. The lowest BCUT2D eigenvalue weighted by Crippen LogP contribution is -2.30. The topological polar surface area (TPSA) is 71.5 Å². The molecule has 0 N–H and O–H groups in total. The van der Waals surface area contributed by atoms with Gasteiger partial charge < -0.3 is 0 Å². The van der Waals surface area contributed by atoms with Crippen LogP contribution in [-0.4, -0.2) is 37.4 Å². The van der Waals surface area contributed by atoms with Crippen molar-refractivity contribution in [2.45, 2.75) is 11.8 Å². The van der Waals surface area contributed by atoms with Crippen molar-refractivity contribution in [3.63, 3.8) is 0 Å². The van der Waals surface area contributed by atoms with E-state index in [0.717, 1.165) is 0 Å². The van der Waals surface area contributed by atoms with Gasteiger partial charge in [0.15, 0.2) is 11.6 Å². The first-order valence-corrected chi connectivity index (χ1v) is 7.90. The zero-order chi connectivity index (χ0) is 15.2. The van der Waals surface area contributed by atoms with Gasteiger partial charge in [0, 0.05) is 29.8 Å². The highest BCUT2D eigenvalue weighted by atomic mass is 32.2. The Morgan fingerprint density at radius 1 is 1.00 bits per heavy atom. The summed E-state index contributed by atoms with van der Waals surface area (Å²) in [5.41, 5.74) is 0.960. The smallest absolute Gasteiger partial charge is 0.243 e. The maximum atomic E-state index is 12.5. The first-order chi connectivity index (χ1) is 9.91. The van der Waals surface area contributed by atoms with E-state index in [2.05, 4.69) is 0 Å². The number of rotatable bonds is 2. The Balaban J connectivity index is 1.94. The quantitative estimate of drug-likeness (QED) is 0.767. The maximum Gasteiger partial charge on any atom is 0.243 e. The molecule has 0 spiro atoms. The number of ketones is 2. The lowest BCUT2D eigenvalue weighted by atomic mass is 9.92. The van der Waals surface area contributed by atoms with Crippen LogP contribution in [0.25, 0.3) is 0 Å². The third-order valence-electron chi connectivity index (χ3n) is 3.69. The highest BCUT2D eigenvalue weighted by molar-refractivity contribution is 7.89. The summed E-state index contributed by atoms with van der Waals surface area (Å²) >= 11 is 0. The summed E-state index contributed by atoms with van der Waals surface area (Å²) in [6, 6.07) is 8.00. The van der Waals surface area contributed by atoms with Crippen LogP contribution in [0.4, 0.5) is 0 Å². The zero-order valence-corrected chi connectivity index (χ0v) is 12.2. The van der Waals surface area contributed by atoms with Gasteiger partial charge in [0.05, 0.1) is 4.90 Å². The highest BCUT2D eigenvalue weighted by Gasteiger charge is 2.38. The highest BCUT2D eigenvalue weighted by Crippen LogP contribution is 2.30. The number of allylic oxidation sites excluding steroid dienone is 2. The summed E-state index contributed by atoms with van der Waals surface area (Å²) in [5.74, 6) is -0.511. The van der Waals surface area contributed by atoms with Crippen molar-refractivity contribution < 1.29 is 18.0 Å². The second-order valence-electron chi connectivity index (χ2n) is 5.06. The summed E-state index contributed by atoms with van der Waals surface area (Å²) in [5, 5.41) is 0. The van der Waals surface area contributed by atoms with Crippen molar-refractivity contribution in [1.82, 2.24) is 4.31 Å². The molecule has 0 unspecified atom stereocenters. The minimum absolute atomic E-state index is 0.0394. The minimum Gasteiger partial charge on any atom is -0.290 e. The molecule has 108 valence electrons. The Kier molecular flexibility index (Phi) is 3.15. The van der Waals surface area contributed by atoms with Crippen LogP contribution in [-0.2, 0) is 19.6 Å². The van der Waals surface area contributed by atoms with E-state index >= 15 is 0 Å². The summed E-state index contributed by atoms with van der Waals surface area (Å²) in [4.78, 5) is 24.2. The van der Waals surface area contributed by atoms with E-state index < -0.39 is 10.0 Å².